The highest BCUT2D eigenvalue weighted by Crippen LogP contribution is 2.30. The van der Waals surface area contributed by atoms with Crippen LogP contribution in [0.25, 0.3) is 0 Å². The van der Waals surface area contributed by atoms with Crippen molar-refractivity contribution in [2.75, 3.05) is 18.5 Å². The van der Waals surface area contributed by atoms with Gasteiger partial charge in [-0.25, -0.2) is 4.79 Å². The van der Waals surface area contributed by atoms with Crippen molar-refractivity contribution in [1.82, 2.24) is 4.90 Å². The summed E-state index contributed by atoms with van der Waals surface area (Å²) in [6, 6.07) is 8.21. The molecule has 0 bridgehead atoms. The molecule has 1 unspecified atom stereocenters. The van der Waals surface area contributed by atoms with Crippen LogP contribution in [0, 0.1) is 0 Å². The summed E-state index contributed by atoms with van der Waals surface area (Å²) in [4.78, 5) is 14.4. The van der Waals surface area contributed by atoms with Crippen LogP contribution < -0.4 is 5.32 Å². The van der Waals surface area contributed by atoms with E-state index in [1.807, 2.05) is 40.7 Å². The average molecular weight is 348 g/mol. The summed E-state index contributed by atoms with van der Waals surface area (Å²) in [5.74, 6) is 0.432. The van der Waals surface area contributed by atoms with Crippen molar-refractivity contribution in [3.8, 4) is 0 Å². The Hall–Kier alpha value is -1.75. The first kappa shape index (κ1) is 19.6. The minimum absolute atomic E-state index is 0.0786. The molecule has 1 heterocycles. The van der Waals surface area contributed by atoms with E-state index in [1.165, 1.54) is 5.56 Å². The van der Waals surface area contributed by atoms with Crippen LogP contribution in [-0.4, -0.2) is 41.5 Å². The molecule has 5 nitrogen and oxygen atoms in total. The van der Waals surface area contributed by atoms with E-state index in [9.17, 15) is 4.79 Å². The third-order valence-electron chi connectivity index (χ3n) is 4.28. The zero-order chi connectivity index (χ0) is 18.8. The van der Waals surface area contributed by atoms with Gasteiger partial charge < -0.3 is 14.8 Å². The number of nitrogens with one attached hydrogen (secondary N) is 1. The molecular formula is C20H32N2O3. The molecule has 25 heavy (non-hydrogen) atoms. The average Bonchev–Trinajstić information content (AvgIpc) is 2.78. The van der Waals surface area contributed by atoms with Crippen molar-refractivity contribution in [2.45, 2.75) is 71.8 Å². The molecule has 1 aromatic carbocycles. The van der Waals surface area contributed by atoms with Crippen LogP contribution in [0.5, 0.6) is 0 Å². The maximum absolute atomic E-state index is 12.7. The van der Waals surface area contributed by atoms with Crippen LogP contribution in [-0.2, 0) is 9.47 Å². The van der Waals surface area contributed by atoms with Gasteiger partial charge in [0, 0.05) is 12.2 Å². The monoisotopic (exact) mass is 348 g/mol. The predicted molar refractivity (Wildman–Crippen MR) is 101 cm³/mol. The molecule has 0 aliphatic carbocycles. The number of carbonyl (C=O) groups is 1. The van der Waals surface area contributed by atoms with Gasteiger partial charge in [0.05, 0.1) is 12.6 Å². The van der Waals surface area contributed by atoms with Crippen LogP contribution in [0.2, 0.25) is 0 Å². The van der Waals surface area contributed by atoms with E-state index < -0.39 is 11.3 Å². The summed E-state index contributed by atoms with van der Waals surface area (Å²) in [7, 11) is 0. The molecule has 5 heteroatoms. The summed E-state index contributed by atoms with van der Waals surface area (Å²) < 4.78 is 11.4. The van der Waals surface area contributed by atoms with Gasteiger partial charge in [-0.05, 0) is 52.2 Å². The van der Waals surface area contributed by atoms with Gasteiger partial charge in [0.2, 0.25) is 0 Å². The minimum atomic E-state index is -0.674. The number of rotatable bonds is 4. The molecule has 1 aromatic rings. The van der Waals surface area contributed by atoms with E-state index in [0.717, 1.165) is 5.69 Å². The molecular weight excluding hydrogens is 316 g/mol. The zero-order valence-corrected chi connectivity index (χ0v) is 16.6. The molecule has 0 spiro atoms. The van der Waals surface area contributed by atoms with E-state index in [2.05, 4.69) is 37.4 Å². The van der Waals surface area contributed by atoms with E-state index in [1.54, 1.807) is 4.90 Å². The Labute approximate surface area is 151 Å². The standard InChI is InChI=1S/C20H32N2O3/c1-14(2)16-10-8-9-11-17(16)21-12-15-13-24-20(6,7)22(15)18(23)25-19(3,4)5/h8-11,14-15,21H,12-13H2,1-7H3. The molecule has 1 atom stereocenters. The highest BCUT2D eigenvalue weighted by molar-refractivity contribution is 5.70. The summed E-state index contributed by atoms with van der Waals surface area (Å²) in [6.07, 6.45) is -0.334. The number of anilines is 1. The smallest absolute Gasteiger partial charge is 0.412 e. The zero-order valence-electron chi connectivity index (χ0n) is 16.6. The number of ether oxygens (including phenoxy) is 2. The maximum Gasteiger partial charge on any atom is 0.412 e. The Bertz CT molecular complexity index is 605. The topological polar surface area (TPSA) is 50.8 Å². The summed E-state index contributed by atoms with van der Waals surface area (Å²) in [5, 5.41) is 3.49. The Morgan fingerprint density at radius 1 is 1.36 bits per heavy atom. The van der Waals surface area contributed by atoms with Crippen LogP contribution in [0.1, 0.15) is 59.9 Å². The van der Waals surface area contributed by atoms with Crippen LogP contribution >= 0.6 is 0 Å². The Balaban J connectivity index is 2.12. The summed E-state index contributed by atoms with van der Waals surface area (Å²) in [5.41, 5.74) is 1.17. The fourth-order valence-corrected chi connectivity index (χ4v) is 3.10. The lowest BCUT2D eigenvalue weighted by atomic mass is 10.0. The van der Waals surface area contributed by atoms with Gasteiger partial charge >= 0.3 is 6.09 Å². The third-order valence-corrected chi connectivity index (χ3v) is 4.28. The first-order chi connectivity index (χ1) is 11.5. The van der Waals surface area contributed by atoms with Gasteiger partial charge in [0.1, 0.15) is 11.3 Å². The highest BCUT2D eigenvalue weighted by atomic mass is 16.6. The molecule has 1 aliphatic heterocycles. The van der Waals surface area contributed by atoms with Crippen LogP contribution in [0.4, 0.5) is 10.5 Å². The van der Waals surface area contributed by atoms with E-state index in [-0.39, 0.29) is 12.1 Å². The SMILES string of the molecule is CC(C)c1ccccc1NCC1COC(C)(C)N1C(=O)OC(C)(C)C. The maximum atomic E-state index is 12.7. The molecule has 1 aliphatic rings. The van der Waals surface area contributed by atoms with Gasteiger partial charge in [-0.2, -0.15) is 0 Å². The van der Waals surface area contributed by atoms with E-state index in [0.29, 0.717) is 19.1 Å². The first-order valence-corrected chi connectivity index (χ1v) is 9.00. The van der Waals surface area contributed by atoms with E-state index >= 15 is 0 Å². The molecule has 1 fully saturated rings. The van der Waals surface area contributed by atoms with Gasteiger partial charge in [-0.3, -0.25) is 4.90 Å². The second-order valence-corrected chi connectivity index (χ2v) is 8.38. The Kier molecular flexibility index (Phi) is 5.67. The molecule has 140 valence electrons. The lowest BCUT2D eigenvalue weighted by Gasteiger charge is -2.35. The number of para-hydroxylation sites is 1. The van der Waals surface area contributed by atoms with Crippen LogP contribution in [0.3, 0.4) is 0 Å². The lowest BCUT2D eigenvalue weighted by molar-refractivity contribution is -0.0620. The largest absolute Gasteiger partial charge is 0.444 e. The summed E-state index contributed by atoms with van der Waals surface area (Å²) >= 11 is 0. The van der Waals surface area contributed by atoms with Crippen molar-refractivity contribution in [3.63, 3.8) is 0 Å². The molecule has 1 N–H and O–H groups in total. The van der Waals surface area contributed by atoms with Gasteiger partial charge in [0.15, 0.2) is 0 Å². The van der Waals surface area contributed by atoms with Gasteiger partial charge in [0.25, 0.3) is 0 Å². The molecule has 0 aromatic heterocycles. The quantitative estimate of drug-likeness (QED) is 0.864. The Morgan fingerprint density at radius 3 is 2.60 bits per heavy atom. The van der Waals surface area contributed by atoms with Crippen molar-refractivity contribution in [3.05, 3.63) is 29.8 Å². The van der Waals surface area contributed by atoms with Gasteiger partial charge in [-0.15, -0.1) is 0 Å². The first-order valence-electron chi connectivity index (χ1n) is 9.00. The second-order valence-electron chi connectivity index (χ2n) is 8.38. The number of hydrogen-bond acceptors (Lipinski definition) is 4. The molecule has 1 saturated heterocycles. The predicted octanol–water partition coefficient (Wildman–Crippen LogP) is 4.59. The lowest BCUT2D eigenvalue weighted by Crippen LogP contribution is -2.51. The van der Waals surface area contributed by atoms with Crippen molar-refractivity contribution in [1.29, 1.82) is 0 Å². The Morgan fingerprint density at radius 2 is 2.00 bits per heavy atom. The van der Waals surface area contributed by atoms with E-state index in [4.69, 9.17) is 9.47 Å². The number of hydrogen-bond donors (Lipinski definition) is 1. The molecule has 0 radical (unpaired) electrons. The van der Waals surface area contributed by atoms with Crippen LogP contribution in [0.15, 0.2) is 24.3 Å². The molecule has 0 saturated carbocycles. The van der Waals surface area contributed by atoms with Crippen molar-refractivity contribution < 1.29 is 14.3 Å². The normalized spacial score (nSPS) is 20.0. The number of amides is 1. The fraction of sp³-hybridized carbons (Fsp3) is 0.650. The highest BCUT2D eigenvalue weighted by Gasteiger charge is 2.45. The number of benzene rings is 1. The number of nitrogens with zero attached hydrogens (tertiary/aromatic N) is 1. The van der Waals surface area contributed by atoms with Crippen molar-refractivity contribution >= 4 is 11.8 Å². The van der Waals surface area contributed by atoms with Crippen molar-refractivity contribution in [2.24, 2.45) is 0 Å². The third kappa shape index (κ3) is 4.88. The van der Waals surface area contributed by atoms with Gasteiger partial charge in [-0.1, -0.05) is 32.0 Å². The molecule has 1 amide bonds. The minimum Gasteiger partial charge on any atom is -0.444 e. The number of carbonyl (C=O) groups excluding carboxylic acids is 1. The fourth-order valence-electron chi connectivity index (χ4n) is 3.10. The molecule has 2 rings (SSSR count). The second kappa shape index (κ2) is 7.24. The summed E-state index contributed by atoms with van der Waals surface area (Å²) in [6.45, 7) is 14.9.